The first-order valence-electron chi connectivity index (χ1n) is 11.1. The van der Waals surface area contributed by atoms with E-state index in [9.17, 15) is 5.11 Å². The van der Waals surface area contributed by atoms with Crippen LogP contribution in [0.2, 0.25) is 0 Å². The minimum absolute atomic E-state index is 0.0279. The average molecular weight is 434 g/mol. The molecule has 1 aliphatic heterocycles. The van der Waals surface area contributed by atoms with Gasteiger partial charge in [-0.05, 0) is 16.7 Å². The Morgan fingerprint density at radius 1 is 0.594 bits per heavy atom. The highest BCUT2D eigenvalue weighted by Gasteiger charge is 2.44. The molecule has 2 N–H and O–H groups in total. The summed E-state index contributed by atoms with van der Waals surface area (Å²) in [5.74, 6) is 0. The maximum atomic E-state index is 10.0. The van der Waals surface area contributed by atoms with Crippen molar-refractivity contribution >= 4 is 0 Å². The van der Waals surface area contributed by atoms with E-state index in [0.29, 0.717) is 26.4 Å². The SMILES string of the molecule is OC[C@@H]1N[C@@H](COCc2ccccc2)[C@@H](OCc2ccccc2)[C@@H]1OCc1ccccc1. The Balaban J connectivity index is 1.42. The van der Waals surface area contributed by atoms with Gasteiger partial charge in [0.05, 0.1) is 45.1 Å². The van der Waals surface area contributed by atoms with Crippen LogP contribution < -0.4 is 5.32 Å². The summed E-state index contributed by atoms with van der Waals surface area (Å²) in [5.41, 5.74) is 3.32. The highest BCUT2D eigenvalue weighted by Crippen LogP contribution is 2.24. The fourth-order valence-electron chi connectivity index (χ4n) is 4.06. The molecule has 168 valence electrons. The molecule has 0 radical (unpaired) electrons. The molecule has 1 aliphatic rings. The summed E-state index contributed by atoms with van der Waals surface area (Å²) in [6.07, 6.45) is -0.527. The predicted molar refractivity (Wildman–Crippen MR) is 124 cm³/mol. The molecule has 1 heterocycles. The van der Waals surface area contributed by atoms with Gasteiger partial charge in [0, 0.05) is 0 Å². The number of hydrogen-bond acceptors (Lipinski definition) is 5. The zero-order valence-corrected chi connectivity index (χ0v) is 18.2. The Kier molecular flexibility index (Phi) is 8.42. The lowest BCUT2D eigenvalue weighted by Gasteiger charge is -2.26. The largest absolute Gasteiger partial charge is 0.395 e. The molecule has 4 atom stereocenters. The van der Waals surface area contributed by atoms with E-state index in [1.165, 1.54) is 0 Å². The monoisotopic (exact) mass is 433 g/mol. The molecule has 5 nitrogen and oxygen atoms in total. The number of hydrogen-bond donors (Lipinski definition) is 2. The standard InChI is InChI=1S/C27H31NO4/c29-16-24-26(31-18-22-12-6-2-7-13-22)27(32-19-23-14-8-3-9-15-23)25(28-24)20-30-17-21-10-4-1-5-11-21/h1-15,24-29H,16-20H2/t24-,25-,26+,27+/m0/s1. The highest BCUT2D eigenvalue weighted by molar-refractivity contribution is 5.16. The zero-order chi connectivity index (χ0) is 22.0. The smallest absolute Gasteiger partial charge is 0.103 e. The van der Waals surface area contributed by atoms with Crippen LogP contribution in [0.15, 0.2) is 91.0 Å². The van der Waals surface area contributed by atoms with Crippen LogP contribution in [0.25, 0.3) is 0 Å². The second-order valence-electron chi connectivity index (χ2n) is 8.09. The molecular formula is C27H31NO4. The second-order valence-corrected chi connectivity index (χ2v) is 8.09. The van der Waals surface area contributed by atoms with Gasteiger partial charge in [-0.2, -0.15) is 0 Å². The molecular weight excluding hydrogens is 402 g/mol. The molecule has 1 saturated heterocycles. The van der Waals surface area contributed by atoms with E-state index < -0.39 is 0 Å². The first-order valence-corrected chi connectivity index (χ1v) is 11.1. The number of nitrogens with one attached hydrogen (secondary N) is 1. The van der Waals surface area contributed by atoms with Crippen molar-refractivity contribution in [1.29, 1.82) is 0 Å². The molecule has 3 aromatic carbocycles. The molecule has 4 rings (SSSR count). The van der Waals surface area contributed by atoms with Crippen LogP contribution in [0.5, 0.6) is 0 Å². The van der Waals surface area contributed by atoms with Crippen LogP contribution >= 0.6 is 0 Å². The molecule has 0 saturated carbocycles. The lowest BCUT2D eigenvalue weighted by atomic mass is 10.1. The van der Waals surface area contributed by atoms with Crippen molar-refractivity contribution in [2.24, 2.45) is 0 Å². The van der Waals surface area contributed by atoms with Gasteiger partial charge in [0.2, 0.25) is 0 Å². The lowest BCUT2D eigenvalue weighted by Crippen LogP contribution is -2.40. The lowest BCUT2D eigenvalue weighted by molar-refractivity contribution is -0.0887. The Morgan fingerprint density at radius 2 is 1.03 bits per heavy atom. The quantitative estimate of drug-likeness (QED) is 0.483. The molecule has 0 aliphatic carbocycles. The number of aliphatic hydroxyl groups excluding tert-OH is 1. The van der Waals surface area contributed by atoms with Gasteiger partial charge in [0.1, 0.15) is 12.2 Å². The summed E-state index contributed by atoms with van der Waals surface area (Å²) < 4.78 is 18.7. The molecule has 0 unspecified atom stereocenters. The van der Waals surface area contributed by atoms with E-state index in [0.717, 1.165) is 16.7 Å². The van der Waals surface area contributed by atoms with Crippen molar-refractivity contribution in [3.63, 3.8) is 0 Å². The summed E-state index contributed by atoms with van der Waals surface area (Å²) >= 11 is 0. The van der Waals surface area contributed by atoms with E-state index in [1.54, 1.807) is 0 Å². The van der Waals surface area contributed by atoms with Crippen LogP contribution in [0.4, 0.5) is 0 Å². The van der Waals surface area contributed by atoms with Crippen LogP contribution in [0.3, 0.4) is 0 Å². The van der Waals surface area contributed by atoms with Crippen molar-refractivity contribution in [2.45, 2.75) is 44.1 Å². The van der Waals surface area contributed by atoms with Crippen LogP contribution in [-0.2, 0) is 34.0 Å². The van der Waals surface area contributed by atoms with Gasteiger partial charge in [-0.1, -0.05) is 91.0 Å². The molecule has 0 bridgehead atoms. The van der Waals surface area contributed by atoms with Gasteiger partial charge < -0.3 is 24.6 Å². The number of benzene rings is 3. The molecule has 0 aromatic heterocycles. The minimum atomic E-state index is -0.283. The Morgan fingerprint density at radius 3 is 1.50 bits per heavy atom. The van der Waals surface area contributed by atoms with Crippen LogP contribution in [-0.4, -0.2) is 42.6 Å². The minimum Gasteiger partial charge on any atom is -0.395 e. The molecule has 0 spiro atoms. The van der Waals surface area contributed by atoms with E-state index in [4.69, 9.17) is 14.2 Å². The third-order valence-corrected chi connectivity index (χ3v) is 5.72. The molecule has 1 fully saturated rings. The summed E-state index contributed by atoms with van der Waals surface area (Å²) in [6, 6.07) is 30.0. The van der Waals surface area contributed by atoms with Crippen molar-refractivity contribution in [1.82, 2.24) is 5.32 Å². The van der Waals surface area contributed by atoms with Gasteiger partial charge in [-0.25, -0.2) is 0 Å². The fraction of sp³-hybridized carbons (Fsp3) is 0.333. The molecule has 32 heavy (non-hydrogen) atoms. The van der Waals surface area contributed by atoms with Crippen molar-refractivity contribution < 1.29 is 19.3 Å². The van der Waals surface area contributed by atoms with Gasteiger partial charge in [0.25, 0.3) is 0 Å². The average Bonchev–Trinajstić information content (AvgIpc) is 3.19. The third-order valence-electron chi connectivity index (χ3n) is 5.72. The second kappa shape index (κ2) is 11.9. The maximum absolute atomic E-state index is 10.0. The summed E-state index contributed by atoms with van der Waals surface area (Å²) in [5, 5.41) is 13.5. The fourth-order valence-corrected chi connectivity index (χ4v) is 4.06. The van der Waals surface area contributed by atoms with Crippen LogP contribution in [0.1, 0.15) is 16.7 Å². The Hall–Kier alpha value is -2.54. The zero-order valence-electron chi connectivity index (χ0n) is 18.2. The summed E-state index contributed by atoms with van der Waals surface area (Å²) in [6.45, 7) is 1.91. The maximum Gasteiger partial charge on any atom is 0.103 e. The van der Waals surface area contributed by atoms with E-state index in [2.05, 4.69) is 5.32 Å². The molecule has 3 aromatic rings. The third kappa shape index (κ3) is 6.25. The van der Waals surface area contributed by atoms with E-state index >= 15 is 0 Å². The highest BCUT2D eigenvalue weighted by atomic mass is 16.5. The predicted octanol–water partition coefficient (Wildman–Crippen LogP) is 3.71. The van der Waals surface area contributed by atoms with E-state index in [-0.39, 0.29) is 30.9 Å². The number of rotatable bonds is 11. The van der Waals surface area contributed by atoms with Gasteiger partial charge in [-0.3, -0.25) is 0 Å². The number of ether oxygens (including phenoxy) is 3. The van der Waals surface area contributed by atoms with Crippen molar-refractivity contribution in [2.75, 3.05) is 13.2 Å². The van der Waals surface area contributed by atoms with Crippen LogP contribution in [0, 0.1) is 0 Å². The topological polar surface area (TPSA) is 60.0 Å². The van der Waals surface area contributed by atoms with E-state index in [1.807, 2.05) is 91.0 Å². The molecule has 5 heteroatoms. The van der Waals surface area contributed by atoms with Gasteiger partial charge in [-0.15, -0.1) is 0 Å². The first-order chi connectivity index (χ1) is 15.8. The molecule has 0 amide bonds. The summed E-state index contributed by atoms with van der Waals surface area (Å²) in [7, 11) is 0. The van der Waals surface area contributed by atoms with Gasteiger partial charge >= 0.3 is 0 Å². The van der Waals surface area contributed by atoms with Crippen molar-refractivity contribution in [3.8, 4) is 0 Å². The normalized spacial score (nSPS) is 22.8. The number of aliphatic hydroxyl groups is 1. The Bertz CT molecular complexity index is 907. The first kappa shape index (κ1) is 22.6. The van der Waals surface area contributed by atoms with Gasteiger partial charge in [0.15, 0.2) is 0 Å². The van der Waals surface area contributed by atoms with Crippen molar-refractivity contribution in [3.05, 3.63) is 108 Å². The summed E-state index contributed by atoms with van der Waals surface area (Å²) in [4.78, 5) is 0. The Labute approximate surface area is 190 Å².